The standard InChI is InChI=1S/C15H20O4/c1-8-4-5-10-9(2)12-7-15(6-11(8)10,13(16)18-3)14(17)19-12/h8,11-12H,4-7H2,1-3H3/t8-,11+,12-,15-/m0/s1. The van der Waals surface area contributed by atoms with Gasteiger partial charge in [0.05, 0.1) is 7.11 Å². The van der Waals surface area contributed by atoms with Gasteiger partial charge in [-0.25, -0.2) is 0 Å². The van der Waals surface area contributed by atoms with Gasteiger partial charge in [0.15, 0.2) is 5.41 Å². The summed E-state index contributed by atoms with van der Waals surface area (Å²) in [5.41, 5.74) is 1.52. The Morgan fingerprint density at radius 1 is 1.42 bits per heavy atom. The molecule has 0 spiro atoms. The van der Waals surface area contributed by atoms with Crippen molar-refractivity contribution >= 4 is 11.9 Å². The molecule has 1 saturated carbocycles. The third kappa shape index (κ3) is 1.58. The Kier molecular flexibility index (Phi) is 2.73. The molecule has 0 unspecified atom stereocenters. The summed E-state index contributed by atoms with van der Waals surface area (Å²) in [6.07, 6.45) is 3.00. The molecule has 4 heteroatoms. The third-order valence-electron chi connectivity index (χ3n) is 5.31. The Bertz CT molecular complexity index is 479. The molecule has 19 heavy (non-hydrogen) atoms. The zero-order valence-electron chi connectivity index (χ0n) is 11.7. The second kappa shape index (κ2) is 4.09. The lowest BCUT2D eigenvalue weighted by molar-refractivity contribution is -0.164. The van der Waals surface area contributed by atoms with E-state index in [1.54, 1.807) is 0 Å². The van der Waals surface area contributed by atoms with E-state index in [1.165, 1.54) is 18.3 Å². The number of carbonyl (C=O) groups is 2. The first-order chi connectivity index (χ1) is 8.99. The number of carbonyl (C=O) groups excluding carboxylic acids is 2. The number of esters is 2. The molecule has 0 aromatic heterocycles. The molecule has 104 valence electrons. The summed E-state index contributed by atoms with van der Waals surface area (Å²) >= 11 is 0. The topological polar surface area (TPSA) is 52.6 Å². The highest BCUT2D eigenvalue weighted by Gasteiger charge is 2.60. The van der Waals surface area contributed by atoms with Gasteiger partial charge < -0.3 is 9.47 Å². The first-order valence-electron chi connectivity index (χ1n) is 6.98. The number of fused-ring (bicyclic) bond motifs is 3. The van der Waals surface area contributed by atoms with Crippen molar-refractivity contribution in [2.45, 2.75) is 45.6 Å². The lowest BCUT2D eigenvalue weighted by Gasteiger charge is -2.27. The third-order valence-corrected chi connectivity index (χ3v) is 5.31. The number of ether oxygens (including phenoxy) is 2. The van der Waals surface area contributed by atoms with Crippen LogP contribution in [0.3, 0.4) is 0 Å². The van der Waals surface area contributed by atoms with E-state index >= 15 is 0 Å². The highest BCUT2D eigenvalue weighted by Crippen LogP contribution is 2.53. The van der Waals surface area contributed by atoms with Crippen LogP contribution >= 0.6 is 0 Å². The van der Waals surface area contributed by atoms with E-state index in [0.29, 0.717) is 24.7 Å². The fourth-order valence-electron chi connectivity index (χ4n) is 4.05. The molecule has 3 aliphatic rings. The SMILES string of the molecule is COC(=O)[C@]12C[C@H](OC1=O)C(C)=C1CC[C@H](C)[C@H]1C2. The van der Waals surface area contributed by atoms with Crippen LogP contribution in [0.5, 0.6) is 0 Å². The van der Waals surface area contributed by atoms with Gasteiger partial charge in [0.25, 0.3) is 0 Å². The van der Waals surface area contributed by atoms with Crippen molar-refractivity contribution in [2.24, 2.45) is 17.3 Å². The normalized spacial score (nSPS) is 40.8. The molecular weight excluding hydrogens is 244 g/mol. The van der Waals surface area contributed by atoms with E-state index in [-0.39, 0.29) is 12.1 Å². The minimum atomic E-state index is -1.06. The first-order valence-corrected chi connectivity index (χ1v) is 6.98. The van der Waals surface area contributed by atoms with Gasteiger partial charge in [-0.15, -0.1) is 0 Å². The van der Waals surface area contributed by atoms with Crippen LogP contribution in [0.25, 0.3) is 0 Å². The molecule has 1 aliphatic heterocycles. The summed E-state index contributed by atoms with van der Waals surface area (Å²) in [6.45, 7) is 4.26. The summed E-state index contributed by atoms with van der Waals surface area (Å²) in [7, 11) is 1.35. The first kappa shape index (κ1) is 12.7. The van der Waals surface area contributed by atoms with Crippen LogP contribution in [0.2, 0.25) is 0 Å². The number of hydrogen-bond donors (Lipinski definition) is 0. The van der Waals surface area contributed by atoms with Crippen molar-refractivity contribution in [3.05, 3.63) is 11.1 Å². The molecule has 3 rings (SSSR count). The molecule has 2 fully saturated rings. The Morgan fingerprint density at radius 3 is 2.84 bits per heavy atom. The van der Waals surface area contributed by atoms with E-state index < -0.39 is 11.4 Å². The number of hydrogen-bond acceptors (Lipinski definition) is 4. The van der Waals surface area contributed by atoms with Crippen LogP contribution in [-0.2, 0) is 19.1 Å². The lowest BCUT2D eigenvalue weighted by Crippen LogP contribution is -2.39. The van der Waals surface area contributed by atoms with Gasteiger partial charge in [-0.3, -0.25) is 9.59 Å². The van der Waals surface area contributed by atoms with Crippen molar-refractivity contribution in [2.75, 3.05) is 7.11 Å². The summed E-state index contributed by atoms with van der Waals surface area (Å²) in [4.78, 5) is 24.4. The highest BCUT2D eigenvalue weighted by molar-refractivity contribution is 6.01. The van der Waals surface area contributed by atoms with E-state index in [0.717, 1.165) is 12.8 Å². The van der Waals surface area contributed by atoms with Gasteiger partial charge >= 0.3 is 11.9 Å². The van der Waals surface area contributed by atoms with Gasteiger partial charge in [0.2, 0.25) is 0 Å². The Labute approximate surface area is 113 Å². The van der Waals surface area contributed by atoms with Crippen molar-refractivity contribution in [1.29, 1.82) is 0 Å². The van der Waals surface area contributed by atoms with Crippen LogP contribution in [0, 0.1) is 17.3 Å². The van der Waals surface area contributed by atoms with Crippen LogP contribution < -0.4 is 0 Å². The van der Waals surface area contributed by atoms with Crippen molar-refractivity contribution in [3.63, 3.8) is 0 Å². The average molecular weight is 264 g/mol. The number of methoxy groups -OCH3 is 1. The van der Waals surface area contributed by atoms with Crippen molar-refractivity contribution in [1.82, 2.24) is 0 Å². The van der Waals surface area contributed by atoms with E-state index in [4.69, 9.17) is 9.47 Å². The maximum atomic E-state index is 12.2. The summed E-state index contributed by atoms with van der Waals surface area (Å²) in [5.74, 6) is 0.0468. The summed E-state index contributed by atoms with van der Waals surface area (Å²) < 4.78 is 10.3. The largest absolute Gasteiger partial charge is 0.468 e. The highest BCUT2D eigenvalue weighted by atomic mass is 16.6. The maximum Gasteiger partial charge on any atom is 0.324 e. The minimum absolute atomic E-state index is 0.225. The van der Waals surface area contributed by atoms with E-state index in [2.05, 4.69) is 13.8 Å². The average Bonchev–Trinajstić information content (AvgIpc) is 2.87. The van der Waals surface area contributed by atoms with Crippen LogP contribution in [0.15, 0.2) is 11.1 Å². The molecule has 0 aromatic rings. The second-order valence-corrected chi connectivity index (χ2v) is 6.21. The molecule has 0 amide bonds. The second-order valence-electron chi connectivity index (χ2n) is 6.21. The molecule has 4 nitrogen and oxygen atoms in total. The van der Waals surface area contributed by atoms with Gasteiger partial charge in [0.1, 0.15) is 6.10 Å². The molecule has 0 N–H and O–H groups in total. The Hall–Kier alpha value is -1.32. The predicted molar refractivity (Wildman–Crippen MR) is 68.2 cm³/mol. The zero-order chi connectivity index (χ0) is 13.8. The van der Waals surface area contributed by atoms with Crippen LogP contribution in [0.4, 0.5) is 0 Å². The lowest BCUT2D eigenvalue weighted by atomic mass is 9.75. The zero-order valence-corrected chi connectivity index (χ0v) is 11.7. The molecule has 1 saturated heterocycles. The molecule has 0 radical (unpaired) electrons. The molecule has 2 bridgehead atoms. The minimum Gasteiger partial charge on any atom is -0.468 e. The van der Waals surface area contributed by atoms with E-state index in [9.17, 15) is 9.59 Å². The van der Waals surface area contributed by atoms with Gasteiger partial charge in [-0.1, -0.05) is 12.5 Å². The van der Waals surface area contributed by atoms with Gasteiger partial charge in [-0.05, 0) is 43.6 Å². The van der Waals surface area contributed by atoms with Gasteiger partial charge in [0, 0.05) is 6.42 Å². The monoisotopic (exact) mass is 264 g/mol. The Morgan fingerprint density at radius 2 is 2.16 bits per heavy atom. The summed E-state index contributed by atoms with van der Waals surface area (Å²) in [6, 6.07) is 0. The molecule has 0 aromatic carbocycles. The summed E-state index contributed by atoms with van der Waals surface area (Å²) in [5, 5.41) is 0. The molecule has 2 aliphatic carbocycles. The smallest absolute Gasteiger partial charge is 0.324 e. The number of rotatable bonds is 1. The maximum absolute atomic E-state index is 12.2. The number of allylic oxidation sites excluding steroid dienone is 1. The predicted octanol–water partition coefficient (Wildman–Crippen LogP) is 2.23. The van der Waals surface area contributed by atoms with Gasteiger partial charge in [-0.2, -0.15) is 0 Å². The van der Waals surface area contributed by atoms with Crippen LogP contribution in [-0.4, -0.2) is 25.2 Å². The quantitative estimate of drug-likeness (QED) is 0.414. The van der Waals surface area contributed by atoms with Crippen molar-refractivity contribution in [3.8, 4) is 0 Å². The van der Waals surface area contributed by atoms with Crippen LogP contribution in [0.1, 0.15) is 39.5 Å². The molecule has 4 atom stereocenters. The Balaban J connectivity index is 2.07. The fourth-order valence-corrected chi connectivity index (χ4v) is 4.05. The molecule has 1 heterocycles. The van der Waals surface area contributed by atoms with E-state index in [1.807, 2.05) is 0 Å². The molecular formula is C15H20O4. The van der Waals surface area contributed by atoms with Crippen molar-refractivity contribution < 1.29 is 19.1 Å². The fraction of sp³-hybridized carbons (Fsp3) is 0.733.